The van der Waals surface area contributed by atoms with E-state index in [4.69, 9.17) is 9.47 Å². The molecule has 1 aromatic heterocycles. The number of anilines is 2. The van der Waals surface area contributed by atoms with Gasteiger partial charge in [0.15, 0.2) is 0 Å². The first-order valence-electron chi connectivity index (χ1n) is 12.2. The Labute approximate surface area is 225 Å². The first-order valence-corrected chi connectivity index (χ1v) is 12.2. The normalized spacial score (nSPS) is 17.1. The lowest BCUT2D eigenvalue weighted by Crippen LogP contribution is -3.00. The van der Waals surface area contributed by atoms with Crippen molar-refractivity contribution in [2.45, 2.75) is 0 Å². The van der Waals surface area contributed by atoms with Gasteiger partial charge in [-0.25, -0.2) is 0 Å². The van der Waals surface area contributed by atoms with E-state index in [0.29, 0.717) is 0 Å². The molecule has 7 heteroatoms. The average molecular weight is 587 g/mol. The molecule has 6 nitrogen and oxygen atoms in total. The molecule has 2 fully saturated rings. The number of aromatic nitrogens is 1. The summed E-state index contributed by atoms with van der Waals surface area (Å²) in [5, 5.41) is 1.31. The number of para-hydroxylation sites is 1. The molecule has 0 amide bonds. The molecule has 186 valence electrons. The highest BCUT2D eigenvalue weighted by molar-refractivity contribution is 5.91. The number of nitrogens with zero attached hydrogens (tertiary/aromatic N) is 4. The quantitative estimate of drug-likeness (QED) is 0.320. The van der Waals surface area contributed by atoms with Gasteiger partial charge < -0.3 is 48.2 Å². The minimum absolute atomic E-state index is 0. The molecule has 0 unspecified atom stereocenters. The molecule has 5 rings (SSSR count). The second-order valence-corrected chi connectivity index (χ2v) is 9.18. The number of morpholine rings is 1. The van der Waals surface area contributed by atoms with Gasteiger partial charge in [0.25, 0.3) is 0 Å². The summed E-state index contributed by atoms with van der Waals surface area (Å²) in [5.41, 5.74) is 6.02. The minimum Gasteiger partial charge on any atom is -1.00 e. The van der Waals surface area contributed by atoms with Crippen molar-refractivity contribution in [3.05, 3.63) is 59.8 Å². The van der Waals surface area contributed by atoms with Crippen LogP contribution in [0.2, 0.25) is 0 Å². The second-order valence-electron chi connectivity index (χ2n) is 9.18. The summed E-state index contributed by atoms with van der Waals surface area (Å²) >= 11 is 0. The Bertz CT molecular complexity index is 1190. The van der Waals surface area contributed by atoms with Crippen LogP contribution in [0.4, 0.5) is 11.4 Å². The lowest BCUT2D eigenvalue weighted by Gasteiger charge is -2.34. The SMILES string of the molecule is COc1cc(/C=C/c2cc(N3CCN(C)CC3)c3ccccc3[n+]2C)ccc1N1CCOCC1.[I-]. The van der Waals surface area contributed by atoms with E-state index in [1.807, 2.05) is 0 Å². The fourth-order valence-electron chi connectivity index (χ4n) is 4.95. The standard InChI is InChI=1S/C28H35N4O2.HI/c1-29-12-14-31(15-13-29)27-21-23(30(2)25-7-5-4-6-24(25)27)10-8-22-9-11-26(28(20-22)33-3)32-16-18-34-19-17-32;/h4-11,20-21H,12-19H2,1-3H3;1H/q+1;/p-1. The highest BCUT2D eigenvalue weighted by Crippen LogP contribution is 2.31. The van der Waals surface area contributed by atoms with Crippen molar-refractivity contribution in [3.63, 3.8) is 0 Å². The van der Waals surface area contributed by atoms with E-state index < -0.39 is 0 Å². The first kappa shape index (κ1) is 25.7. The van der Waals surface area contributed by atoms with E-state index in [-0.39, 0.29) is 24.0 Å². The summed E-state index contributed by atoms with van der Waals surface area (Å²) in [6.07, 6.45) is 4.40. The summed E-state index contributed by atoms with van der Waals surface area (Å²) in [6.45, 7) is 7.61. The number of rotatable bonds is 5. The maximum atomic E-state index is 5.75. The highest BCUT2D eigenvalue weighted by Gasteiger charge is 2.21. The van der Waals surface area contributed by atoms with Gasteiger partial charge in [-0.2, -0.15) is 4.57 Å². The predicted molar refractivity (Wildman–Crippen MR) is 140 cm³/mol. The first-order chi connectivity index (χ1) is 16.6. The third-order valence-corrected chi connectivity index (χ3v) is 7.06. The maximum Gasteiger partial charge on any atom is 0.214 e. The minimum atomic E-state index is 0. The molecule has 0 aliphatic carbocycles. The largest absolute Gasteiger partial charge is 1.00 e. The molecular formula is C28H35IN4O2. The molecular weight excluding hydrogens is 551 g/mol. The van der Waals surface area contributed by atoms with E-state index >= 15 is 0 Å². The summed E-state index contributed by atoms with van der Waals surface area (Å²) in [6, 6.07) is 17.5. The Hall–Kier alpha value is -2.36. The molecule has 3 aromatic rings. The number of pyridine rings is 1. The van der Waals surface area contributed by atoms with E-state index in [2.05, 4.69) is 94.0 Å². The van der Waals surface area contributed by atoms with Gasteiger partial charge in [-0.1, -0.05) is 18.2 Å². The van der Waals surface area contributed by atoms with E-state index in [1.54, 1.807) is 7.11 Å². The van der Waals surface area contributed by atoms with Gasteiger partial charge in [0.05, 0.1) is 37.1 Å². The van der Waals surface area contributed by atoms with Gasteiger partial charge in [-0.3, -0.25) is 0 Å². The molecule has 2 aliphatic heterocycles. The van der Waals surface area contributed by atoms with Gasteiger partial charge in [0, 0.05) is 57.5 Å². The Morgan fingerprint density at radius 3 is 2.31 bits per heavy atom. The van der Waals surface area contributed by atoms with Crippen LogP contribution >= 0.6 is 0 Å². The molecule has 0 N–H and O–H groups in total. The fourth-order valence-corrected chi connectivity index (χ4v) is 4.95. The van der Waals surface area contributed by atoms with Crippen LogP contribution in [-0.4, -0.2) is 71.5 Å². The number of hydrogen-bond donors (Lipinski definition) is 0. The van der Waals surface area contributed by atoms with Crippen LogP contribution in [0.15, 0.2) is 48.5 Å². The molecule has 2 aliphatic rings. The van der Waals surface area contributed by atoms with Crippen LogP contribution in [0.25, 0.3) is 23.1 Å². The smallest absolute Gasteiger partial charge is 0.214 e. The highest BCUT2D eigenvalue weighted by atomic mass is 127. The average Bonchev–Trinajstić information content (AvgIpc) is 2.89. The summed E-state index contributed by atoms with van der Waals surface area (Å²) in [4.78, 5) is 7.26. The van der Waals surface area contributed by atoms with Crippen LogP contribution in [-0.2, 0) is 11.8 Å². The predicted octanol–water partition coefficient (Wildman–Crippen LogP) is 0.436. The van der Waals surface area contributed by atoms with Gasteiger partial charge in [0.2, 0.25) is 11.2 Å². The van der Waals surface area contributed by atoms with Gasteiger partial charge in [0.1, 0.15) is 12.8 Å². The molecule has 2 saturated heterocycles. The van der Waals surface area contributed by atoms with Crippen molar-refractivity contribution in [2.75, 3.05) is 76.4 Å². The lowest BCUT2D eigenvalue weighted by molar-refractivity contribution is -0.646. The second kappa shape index (κ2) is 11.6. The summed E-state index contributed by atoms with van der Waals surface area (Å²) in [5.74, 6) is 0.907. The number of likely N-dealkylation sites (N-methyl/N-ethyl adjacent to an activating group) is 1. The van der Waals surface area contributed by atoms with Crippen LogP contribution in [0.3, 0.4) is 0 Å². The maximum absolute atomic E-state index is 5.75. The van der Waals surface area contributed by atoms with Crippen molar-refractivity contribution in [1.82, 2.24) is 4.90 Å². The summed E-state index contributed by atoms with van der Waals surface area (Å²) < 4.78 is 13.5. The van der Waals surface area contributed by atoms with Crippen LogP contribution in [0.1, 0.15) is 11.3 Å². The van der Waals surface area contributed by atoms with Crippen molar-refractivity contribution < 1.29 is 38.0 Å². The van der Waals surface area contributed by atoms with Crippen molar-refractivity contribution in [3.8, 4) is 5.75 Å². The third-order valence-electron chi connectivity index (χ3n) is 7.06. The monoisotopic (exact) mass is 586 g/mol. The Balaban J connectivity index is 0.00000289. The van der Waals surface area contributed by atoms with E-state index in [1.165, 1.54) is 22.3 Å². The van der Waals surface area contributed by atoms with Crippen molar-refractivity contribution >= 4 is 34.4 Å². The number of hydrogen-bond acceptors (Lipinski definition) is 5. The Kier molecular flexibility index (Phi) is 8.51. The number of aryl methyl sites for hydroxylation is 1. The van der Waals surface area contributed by atoms with Gasteiger partial charge >= 0.3 is 0 Å². The van der Waals surface area contributed by atoms with Gasteiger partial charge in [-0.15, -0.1) is 0 Å². The van der Waals surface area contributed by atoms with E-state index in [0.717, 1.165) is 69.5 Å². The van der Waals surface area contributed by atoms with Crippen LogP contribution < -0.4 is 43.1 Å². The number of halogens is 1. The molecule has 0 saturated carbocycles. The number of ether oxygens (including phenoxy) is 2. The molecule has 35 heavy (non-hydrogen) atoms. The zero-order valence-electron chi connectivity index (χ0n) is 20.9. The lowest BCUT2D eigenvalue weighted by atomic mass is 10.1. The molecule has 0 radical (unpaired) electrons. The number of methoxy groups -OCH3 is 1. The number of benzene rings is 2. The molecule has 3 heterocycles. The molecule has 2 aromatic carbocycles. The molecule has 0 atom stereocenters. The zero-order chi connectivity index (χ0) is 23.5. The van der Waals surface area contributed by atoms with Crippen molar-refractivity contribution in [1.29, 1.82) is 0 Å². The van der Waals surface area contributed by atoms with Crippen molar-refractivity contribution in [2.24, 2.45) is 7.05 Å². The molecule has 0 bridgehead atoms. The van der Waals surface area contributed by atoms with Crippen LogP contribution in [0, 0.1) is 0 Å². The summed E-state index contributed by atoms with van der Waals surface area (Å²) in [7, 11) is 6.10. The number of piperazine rings is 1. The van der Waals surface area contributed by atoms with Crippen LogP contribution in [0.5, 0.6) is 5.75 Å². The molecule has 0 spiro atoms. The zero-order valence-corrected chi connectivity index (χ0v) is 23.1. The van der Waals surface area contributed by atoms with E-state index in [9.17, 15) is 0 Å². The Morgan fingerprint density at radius 1 is 0.857 bits per heavy atom. The number of fused-ring (bicyclic) bond motifs is 1. The fraction of sp³-hybridized carbons (Fsp3) is 0.393. The Morgan fingerprint density at radius 2 is 1.57 bits per heavy atom. The van der Waals surface area contributed by atoms with Gasteiger partial charge in [-0.05, 0) is 36.9 Å². The third kappa shape index (κ3) is 5.57. The topological polar surface area (TPSA) is 32.1 Å².